The Bertz CT molecular complexity index is 3020. The normalized spacial score (nSPS) is 14.0. The number of hydrogen-bond acceptors (Lipinski definition) is 1. The number of benzene rings is 9. The van der Waals surface area contributed by atoms with Crippen molar-refractivity contribution in [1.29, 1.82) is 0 Å². The minimum atomic E-state index is -0.156. The van der Waals surface area contributed by atoms with E-state index in [2.05, 4.69) is 233 Å². The van der Waals surface area contributed by atoms with Crippen molar-refractivity contribution in [1.82, 2.24) is 0 Å². The van der Waals surface area contributed by atoms with Crippen molar-refractivity contribution in [2.45, 2.75) is 38.5 Å². The van der Waals surface area contributed by atoms with Crippen LogP contribution in [0.25, 0.3) is 66.4 Å². The van der Waals surface area contributed by atoms with Crippen LogP contribution >= 0.6 is 0 Å². The van der Waals surface area contributed by atoms with Crippen LogP contribution in [0.1, 0.15) is 49.9 Å². The maximum Gasteiger partial charge on any atom is 0.0618 e. The fraction of sp³-hybridized carbons (Fsp3) is 0.103. The molecule has 2 aliphatic rings. The Kier molecular flexibility index (Phi) is 7.94. The van der Waals surface area contributed by atoms with Crippen molar-refractivity contribution in [3.05, 3.63) is 222 Å². The molecule has 0 aliphatic heterocycles. The zero-order valence-corrected chi connectivity index (χ0v) is 34.0. The zero-order chi connectivity index (χ0) is 39.9. The first-order valence-electron chi connectivity index (χ1n) is 20.8. The number of hydrogen-bond donors (Lipinski definition) is 0. The molecule has 1 heteroatoms. The van der Waals surface area contributed by atoms with Crippen LogP contribution in [0.5, 0.6) is 0 Å². The van der Waals surface area contributed by atoms with Gasteiger partial charge in [-0.1, -0.05) is 179 Å². The van der Waals surface area contributed by atoms with Crippen LogP contribution in [0, 0.1) is 0 Å². The molecule has 11 rings (SSSR count). The van der Waals surface area contributed by atoms with E-state index < -0.39 is 0 Å². The summed E-state index contributed by atoms with van der Waals surface area (Å²) in [5.74, 6) is 0. The average molecular weight is 756 g/mol. The van der Waals surface area contributed by atoms with E-state index in [1.807, 2.05) is 0 Å². The van der Waals surface area contributed by atoms with Crippen LogP contribution in [0.15, 0.2) is 200 Å². The summed E-state index contributed by atoms with van der Waals surface area (Å²) >= 11 is 0. The Hall–Kier alpha value is -6.96. The average Bonchev–Trinajstić information content (AvgIpc) is 3.65. The maximum absolute atomic E-state index is 2.56. The van der Waals surface area contributed by atoms with E-state index in [9.17, 15) is 0 Å². The SMILES string of the molecule is CC1(C)c2ccccc2-c2ccc(N(c3ccc4c(c3)-c3cc5ccccc5cc3C4(C)C)c3c(-c4ccccc4)cc(-c4ccccc4)cc3-c3ccccc3)cc21. The number of nitrogens with zero attached hydrogens (tertiary/aromatic N) is 1. The van der Waals surface area contributed by atoms with Gasteiger partial charge in [0.05, 0.1) is 5.69 Å². The Balaban J connectivity index is 1.24. The molecule has 1 nitrogen and oxygen atoms in total. The lowest BCUT2D eigenvalue weighted by molar-refractivity contribution is 0.660. The first kappa shape index (κ1) is 35.2. The van der Waals surface area contributed by atoms with E-state index in [1.54, 1.807) is 0 Å². The highest BCUT2D eigenvalue weighted by atomic mass is 15.1. The van der Waals surface area contributed by atoms with Gasteiger partial charge in [0.2, 0.25) is 0 Å². The third-order valence-electron chi connectivity index (χ3n) is 13.2. The predicted octanol–water partition coefficient (Wildman–Crippen LogP) is 15.9. The third-order valence-corrected chi connectivity index (χ3v) is 13.2. The summed E-state index contributed by atoms with van der Waals surface area (Å²) < 4.78 is 0. The lowest BCUT2D eigenvalue weighted by Crippen LogP contribution is -2.18. The highest BCUT2D eigenvalue weighted by molar-refractivity contribution is 6.02. The second-order valence-corrected chi connectivity index (χ2v) is 17.4. The molecule has 0 bridgehead atoms. The molecule has 9 aromatic rings. The van der Waals surface area contributed by atoms with E-state index in [-0.39, 0.29) is 10.8 Å². The van der Waals surface area contributed by atoms with Gasteiger partial charge in [0, 0.05) is 33.3 Å². The van der Waals surface area contributed by atoms with Gasteiger partial charge in [-0.25, -0.2) is 0 Å². The van der Waals surface area contributed by atoms with Gasteiger partial charge in [-0.2, -0.15) is 0 Å². The molecule has 59 heavy (non-hydrogen) atoms. The van der Waals surface area contributed by atoms with Gasteiger partial charge in [0.15, 0.2) is 0 Å². The van der Waals surface area contributed by atoms with Crippen molar-refractivity contribution in [3.8, 4) is 55.6 Å². The highest BCUT2D eigenvalue weighted by Crippen LogP contribution is 2.56. The third kappa shape index (κ3) is 5.53. The molecule has 2 aliphatic carbocycles. The van der Waals surface area contributed by atoms with E-state index in [0.29, 0.717) is 0 Å². The van der Waals surface area contributed by atoms with Crippen LogP contribution in [0.4, 0.5) is 17.1 Å². The van der Waals surface area contributed by atoms with E-state index >= 15 is 0 Å². The first-order chi connectivity index (χ1) is 28.8. The van der Waals surface area contributed by atoms with Crippen LogP contribution in [-0.2, 0) is 10.8 Å². The first-order valence-corrected chi connectivity index (χ1v) is 20.8. The van der Waals surface area contributed by atoms with Crippen LogP contribution in [0.2, 0.25) is 0 Å². The molecular weight excluding hydrogens is 711 g/mol. The van der Waals surface area contributed by atoms with E-state index in [4.69, 9.17) is 0 Å². The minimum Gasteiger partial charge on any atom is -0.309 e. The maximum atomic E-state index is 2.56. The molecule has 0 spiro atoms. The lowest BCUT2D eigenvalue weighted by Gasteiger charge is -2.33. The van der Waals surface area contributed by atoms with Crippen molar-refractivity contribution in [3.63, 3.8) is 0 Å². The number of rotatable bonds is 6. The summed E-state index contributed by atoms with van der Waals surface area (Å²) in [5.41, 5.74) is 21.0. The predicted molar refractivity (Wildman–Crippen MR) is 250 cm³/mol. The summed E-state index contributed by atoms with van der Waals surface area (Å²) in [6.07, 6.45) is 0. The van der Waals surface area contributed by atoms with Crippen LogP contribution < -0.4 is 4.90 Å². The Morgan fingerprint density at radius 1 is 0.288 bits per heavy atom. The van der Waals surface area contributed by atoms with E-state index in [0.717, 1.165) is 17.1 Å². The molecule has 9 aromatic carbocycles. The molecule has 0 fully saturated rings. The lowest BCUT2D eigenvalue weighted by atomic mass is 9.81. The fourth-order valence-electron chi connectivity index (χ4n) is 10.2. The van der Waals surface area contributed by atoms with E-state index in [1.165, 1.54) is 88.7 Å². The van der Waals surface area contributed by atoms with Gasteiger partial charge < -0.3 is 4.90 Å². The molecular formula is C58H45N. The van der Waals surface area contributed by atoms with Gasteiger partial charge in [-0.3, -0.25) is 0 Å². The van der Waals surface area contributed by atoms with Crippen molar-refractivity contribution >= 4 is 27.8 Å². The van der Waals surface area contributed by atoms with Crippen molar-refractivity contribution in [2.75, 3.05) is 4.90 Å². The standard InChI is InChI=1S/C58H45N/c1-57(2)52-27-17-16-26-46(52)47-30-28-45(37-55(47)57)59(44-29-31-53-51(36-44)50-32-41-24-14-15-25-42(41)35-54(50)58(53,3)4)56-48(39-20-10-6-11-21-39)33-43(38-18-8-5-9-19-38)34-49(56)40-22-12-7-13-23-40/h5-37H,1-4H3. The molecule has 0 atom stereocenters. The quantitative estimate of drug-likeness (QED) is 0.163. The molecule has 0 N–H and O–H groups in total. The molecule has 0 radical (unpaired) electrons. The second-order valence-electron chi connectivity index (χ2n) is 17.4. The molecule has 0 unspecified atom stereocenters. The summed E-state index contributed by atoms with van der Waals surface area (Å²) in [7, 11) is 0. The van der Waals surface area contributed by atoms with Gasteiger partial charge in [0.25, 0.3) is 0 Å². The largest absolute Gasteiger partial charge is 0.309 e. The molecule has 0 amide bonds. The summed E-state index contributed by atoms with van der Waals surface area (Å²) in [6, 6.07) is 74.5. The molecule has 0 saturated heterocycles. The summed E-state index contributed by atoms with van der Waals surface area (Å²) in [4.78, 5) is 2.56. The van der Waals surface area contributed by atoms with Gasteiger partial charge in [-0.15, -0.1) is 0 Å². The van der Waals surface area contributed by atoms with Crippen LogP contribution in [-0.4, -0.2) is 0 Å². The van der Waals surface area contributed by atoms with Crippen LogP contribution in [0.3, 0.4) is 0 Å². The number of anilines is 3. The Labute approximate surface area is 347 Å². The molecule has 0 heterocycles. The highest BCUT2D eigenvalue weighted by Gasteiger charge is 2.38. The van der Waals surface area contributed by atoms with Gasteiger partial charge in [-0.05, 0) is 126 Å². The Morgan fingerprint density at radius 2 is 0.746 bits per heavy atom. The van der Waals surface area contributed by atoms with Crippen molar-refractivity contribution < 1.29 is 0 Å². The van der Waals surface area contributed by atoms with Gasteiger partial charge >= 0.3 is 0 Å². The topological polar surface area (TPSA) is 3.24 Å². The van der Waals surface area contributed by atoms with Gasteiger partial charge in [0.1, 0.15) is 0 Å². The summed E-state index contributed by atoms with van der Waals surface area (Å²) in [5, 5.41) is 2.56. The minimum absolute atomic E-state index is 0.136. The molecule has 0 aromatic heterocycles. The summed E-state index contributed by atoms with van der Waals surface area (Å²) in [6.45, 7) is 9.52. The zero-order valence-electron chi connectivity index (χ0n) is 34.0. The number of fused-ring (bicyclic) bond motifs is 7. The Morgan fingerprint density at radius 3 is 1.39 bits per heavy atom. The smallest absolute Gasteiger partial charge is 0.0618 e. The molecule has 282 valence electrons. The molecule has 0 saturated carbocycles. The fourth-order valence-corrected chi connectivity index (χ4v) is 10.2. The monoisotopic (exact) mass is 755 g/mol. The van der Waals surface area contributed by atoms with Crippen molar-refractivity contribution in [2.24, 2.45) is 0 Å². The second kappa shape index (κ2) is 13.3.